The molecule has 0 aromatic carbocycles. The zero-order valence-corrected chi connectivity index (χ0v) is 10.7. The van der Waals surface area contributed by atoms with Crippen LogP contribution in [0.5, 0.6) is 0 Å². The Morgan fingerprint density at radius 1 is 0.867 bits per heavy atom. The Morgan fingerprint density at radius 2 is 1.20 bits per heavy atom. The molecule has 0 aromatic heterocycles. The minimum Gasteiger partial charge on any atom is -0.346 e. The van der Waals surface area contributed by atoms with Gasteiger partial charge in [0.15, 0.2) is 0 Å². The summed E-state index contributed by atoms with van der Waals surface area (Å²) in [6.07, 6.45) is 1.93. The number of ether oxygens (including phenoxy) is 2. The van der Waals surface area contributed by atoms with Gasteiger partial charge in [-0.15, -0.1) is 0 Å². The Hall–Kier alpha value is -0.600. The highest BCUT2D eigenvalue weighted by Crippen LogP contribution is 2.45. The van der Waals surface area contributed by atoms with Crippen molar-refractivity contribution in [3.05, 3.63) is 22.3 Å². The summed E-state index contributed by atoms with van der Waals surface area (Å²) in [5, 5.41) is 0. The number of allylic oxidation sites excluding steroid dienone is 2. The number of hydrogen-bond donors (Lipinski definition) is 0. The third-order valence-corrected chi connectivity index (χ3v) is 3.54. The molecule has 2 nitrogen and oxygen atoms in total. The maximum Gasteiger partial charge on any atom is 0.214 e. The van der Waals surface area contributed by atoms with Gasteiger partial charge in [-0.3, -0.25) is 0 Å². The van der Waals surface area contributed by atoms with E-state index in [4.69, 9.17) is 9.47 Å². The Balaban J connectivity index is 3.34. The topological polar surface area (TPSA) is 18.5 Å². The third-order valence-electron chi connectivity index (χ3n) is 3.54. The van der Waals surface area contributed by atoms with E-state index in [1.54, 1.807) is 14.2 Å². The normalized spacial score (nSPS) is 20.4. The predicted octanol–water partition coefficient (Wildman–Crippen LogP) is 3.44. The van der Waals surface area contributed by atoms with E-state index in [-0.39, 0.29) is 0 Å². The Morgan fingerprint density at radius 3 is 1.40 bits per heavy atom. The molecule has 0 radical (unpaired) electrons. The molecule has 0 fully saturated rings. The first-order valence-corrected chi connectivity index (χ1v) is 5.60. The summed E-state index contributed by atoms with van der Waals surface area (Å²) in [6, 6.07) is 0. The van der Waals surface area contributed by atoms with Crippen molar-refractivity contribution in [3.63, 3.8) is 0 Å². The van der Waals surface area contributed by atoms with Crippen LogP contribution in [0.25, 0.3) is 0 Å². The highest BCUT2D eigenvalue weighted by molar-refractivity contribution is 5.52. The van der Waals surface area contributed by atoms with E-state index < -0.39 is 5.79 Å². The van der Waals surface area contributed by atoms with Crippen LogP contribution in [0.1, 0.15) is 40.5 Å². The maximum absolute atomic E-state index is 5.66. The van der Waals surface area contributed by atoms with E-state index in [1.807, 2.05) is 0 Å². The summed E-state index contributed by atoms with van der Waals surface area (Å²) in [6.45, 7) is 8.61. The second-order valence-electron chi connectivity index (χ2n) is 3.94. The lowest BCUT2D eigenvalue weighted by Gasteiger charge is -2.32. The van der Waals surface area contributed by atoms with Crippen molar-refractivity contribution in [2.45, 2.75) is 46.3 Å². The molecule has 0 atom stereocenters. The molecule has 1 aliphatic rings. The lowest BCUT2D eigenvalue weighted by atomic mass is 9.98. The van der Waals surface area contributed by atoms with Crippen LogP contribution >= 0.6 is 0 Å². The quantitative estimate of drug-likeness (QED) is 0.662. The standard InChI is InChI=1S/C13H22O2/c1-7-11-9(3)10(4)12(8-2)13(11,14-5)15-6/h7-8H2,1-6H3. The average Bonchev–Trinajstić information content (AvgIpc) is 2.47. The minimum atomic E-state index is -0.586. The zero-order valence-electron chi connectivity index (χ0n) is 10.7. The van der Waals surface area contributed by atoms with Crippen molar-refractivity contribution in [2.75, 3.05) is 14.2 Å². The predicted molar refractivity (Wildman–Crippen MR) is 62.7 cm³/mol. The van der Waals surface area contributed by atoms with Crippen LogP contribution in [0.2, 0.25) is 0 Å². The monoisotopic (exact) mass is 210 g/mol. The maximum atomic E-state index is 5.66. The van der Waals surface area contributed by atoms with Gasteiger partial charge in [0.1, 0.15) is 0 Å². The first-order chi connectivity index (χ1) is 7.08. The average molecular weight is 210 g/mol. The van der Waals surface area contributed by atoms with Crippen LogP contribution in [0, 0.1) is 0 Å². The first-order valence-electron chi connectivity index (χ1n) is 5.60. The first kappa shape index (κ1) is 12.5. The lowest BCUT2D eigenvalue weighted by molar-refractivity contribution is -0.151. The van der Waals surface area contributed by atoms with Gasteiger partial charge in [0, 0.05) is 14.2 Å². The molecule has 2 heteroatoms. The SMILES string of the molecule is CCC1=C(C)C(C)=C(CC)C1(OC)OC. The molecule has 0 aliphatic heterocycles. The Bertz CT molecular complexity index is 278. The van der Waals surface area contributed by atoms with E-state index in [1.165, 1.54) is 22.3 Å². The molecule has 0 aromatic rings. The minimum absolute atomic E-state index is 0.586. The summed E-state index contributed by atoms with van der Waals surface area (Å²) in [5.41, 5.74) is 5.19. The molecule has 0 saturated carbocycles. The van der Waals surface area contributed by atoms with Crippen molar-refractivity contribution >= 4 is 0 Å². The van der Waals surface area contributed by atoms with Crippen molar-refractivity contribution in [3.8, 4) is 0 Å². The molecule has 0 spiro atoms. The van der Waals surface area contributed by atoms with E-state index in [9.17, 15) is 0 Å². The van der Waals surface area contributed by atoms with Crippen LogP contribution in [0.15, 0.2) is 22.3 Å². The molecule has 1 rings (SSSR count). The van der Waals surface area contributed by atoms with E-state index in [0.717, 1.165) is 12.8 Å². The van der Waals surface area contributed by atoms with Crippen molar-refractivity contribution in [2.24, 2.45) is 0 Å². The summed E-state index contributed by atoms with van der Waals surface area (Å²) >= 11 is 0. The molecular formula is C13H22O2. The largest absolute Gasteiger partial charge is 0.346 e. The van der Waals surface area contributed by atoms with Gasteiger partial charge in [0.2, 0.25) is 5.79 Å². The summed E-state index contributed by atoms with van der Waals surface area (Å²) in [4.78, 5) is 0. The highest BCUT2D eigenvalue weighted by atomic mass is 16.7. The molecule has 0 bridgehead atoms. The summed E-state index contributed by atoms with van der Waals surface area (Å²) < 4.78 is 11.3. The summed E-state index contributed by atoms with van der Waals surface area (Å²) in [5.74, 6) is -0.586. The van der Waals surface area contributed by atoms with Gasteiger partial charge in [0.05, 0.1) is 0 Å². The van der Waals surface area contributed by atoms with Crippen LogP contribution in [-0.2, 0) is 9.47 Å². The van der Waals surface area contributed by atoms with E-state index in [2.05, 4.69) is 27.7 Å². The molecule has 0 N–H and O–H groups in total. The number of hydrogen-bond acceptors (Lipinski definition) is 2. The number of methoxy groups -OCH3 is 2. The van der Waals surface area contributed by atoms with E-state index >= 15 is 0 Å². The van der Waals surface area contributed by atoms with Crippen molar-refractivity contribution < 1.29 is 9.47 Å². The van der Waals surface area contributed by atoms with Crippen LogP contribution in [-0.4, -0.2) is 20.0 Å². The molecule has 0 amide bonds. The number of rotatable bonds is 4. The molecule has 0 heterocycles. The molecule has 15 heavy (non-hydrogen) atoms. The van der Waals surface area contributed by atoms with Gasteiger partial charge in [-0.05, 0) is 49.0 Å². The van der Waals surface area contributed by atoms with Gasteiger partial charge in [-0.1, -0.05) is 13.8 Å². The van der Waals surface area contributed by atoms with Crippen molar-refractivity contribution in [1.82, 2.24) is 0 Å². The van der Waals surface area contributed by atoms with Crippen LogP contribution in [0.3, 0.4) is 0 Å². The van der Waals surface area contributed by atoms with Crippen LogP contribution in [0.4, 0.5) is 0 Å². The second-order valence-corrected chi connectivity index (χ2v) is 3.94. The summed E-state index contributed by atoms with van der Waals surface area (Å²) in [7, 11) is 3.45. The molecule has 0 unspecified atom stereocenters. The fraction of sp³-hybridized carbons (Fsp3) is 0.692. The fourth-order valence-corrected chi connectivity index (χ4v) is 2.70. The third kappa shape index (κ3) is 1.56. The van der Waals surface area contributed by atoms with E-state index in [0.29, 0.717) is 0 Å². The van der Waals surface area contributed by atoms with Gasteiger partial charge < -0.3 is 9.47 Å². The molecular weight excluding hydrogens is 188 g/mol. The molecule has 0 saturated heterocycles. The van der Waals surface area contributed by atoms with Gasteiger partial charge in [-0.25, -0.2) is 0 Å². The second kappa shape index (κ2) is 4.50. The zero-order chi connectivity index (χ0) is 11.6. The lowest BCUT2D eigenvalue weighted by Crippen LogP contribution is -2.36. The molecule has 1 aliphatic carbocycles. The van der Waals surface area contributed by atoms with Gasteiger partial charge in [0.25, 0.3) is 0 Å². The Labute approximate surface area is 93.0 Å². The van der Waals surface area contributed by atoms with Crippen molar-refractivity contribution in [1.29, 1.82) is 0 Å². The highest BCUT2D eigenvalue weighted by Gasteiger charge is 2.43. The smallest absolute Gasteiger partial charge is 0.214 e. The van der Waals surface area contributed by atoms with Gasteiger partial charge in [-0.2, -0.15) is 0 Å². The van der Waals surface area contributed by atoms with Crippen LogP contribution < -0.4 is 0 Å². The Kier molecular flexibility index (Phi) is 3.74. The fourth-order valence-electron chi connectivity index (χ4n) is 2.70. The molecule has 86 valence electrons. The van der Waals surface area contributed by atoms with Gasteiger partial charge >= 0.3 is 0 Å².